The van der Waals surface area contributed by atoms with Gasteiger partial charge < -0.3 is 21.3 Å². The summed E-state index contributed by atoms with van der Waals surface area (Å²) < 4.78 is 13.3. The molecular formula is C12H19FN4O. The smallest absolute Gasteiger partial charge is 0.319 e. The molecule has 1 aromatic rings. The van der Waals surface area contributed by atoms with E-state index in [1.807, 2.05) is 19.0 Å². The summed E-state index contributed by atoms with van der Waals surface area (Å²) in [6.07, 6.45) is 0.833. The lowest BCUT2D eigenvalue weighted by Crippen LogP contribution is -2.31. The van der Waals surface area contributed by atoms with E-state index < -0.39 is 11.8 Å². The highest BCUT2D eigenvalue weighted by Crippen LogP contribution is 2.16. The van der Waals surface area contributed by atoms with Crippen LogP contribution in [-0.2, 0) is 0 Å². The largest absolute Gasteiger partial charge is 0.399 e. The first-order chi connectivity index (χ1) is 8.49. The summed E-state index contributed by atoms with van der Waals surface area (Å²) in [6.45, 7) is 1.42. The van der Waals surface area contributed by atoms with Gasteiger partial charge in [-0.05, 0) is 45.3 Å². The minimum atomic E-state index is -0.507. The molecule has 0 unspecified atom stereocenters. The summed E-state index contributed by atoms with van der Waals surface area (Å²) in [5, 5.41) is 5.07. The fourth-order valence-electron chi connectivity index (χ4n) is 1.40. The van der Waals surface area contributed by atoms with Crippen LogP contribution in [0.25, 0.3) is 0 Å². The van der Waals surface area contributed by atoms with Gasteiger partial charge in [-0.25, -0.2) is 9.18 Å². The highest BCUT2D eigenvalue weighted by molar-refractivity contribution is 5.89. The van der Waals surface area contributed by atoms with E-state index >= 15 is 0 Å². The molecule has 0 bridgehead atoms. The first kappa shape index (κ1) is 14.2. The van der Waals surface area contributed by atoms with Crippen LogP contribution in [-0.4, -0.2) is 38.1 Å². The van der Waals surface area contributed by atoms with Crippen molar-refractivity contribution in [3.05, 3.63) is 24.0 Å². The normalized spacial score (nSPS) is 10.4. The fraction of sp³-hybridized carbons (Fsp3) is 0.417. The summed E-state index contributed by atoms with van der Waals surface area (Å²) >= 11 is 0. The SMILES string of the molecule is CN(C)CCCNC(=O)Nc1cc(N)ccc1F. The Morgan fingerprint density at radius 3 is 2.83 bits per heavy atom. The van der Waals surface area contributed by atoms with Gasteiger partial charge in [-0.1, -0.05) is 0 Å². The van der Waals surface area contributed by atoms with Crippen molar-refractivity contribution < 1.29 is 9.18 Å². The Kier molecular flexibility index (Phi) is 5.38. The molecule has 2 amide bonds. The van der Waals surface area contributed by atoms with E-state index in [1.54, 1.807) is 0 Å². The third-order valence-corrected chi connectivity index (χ3v) is 2.31. The van der Waals surface area contributed by atoms with Crippen LogP contribution in [0, 0.1) is 5.82 Å². The molecule has 0 aliphatic heterocycles. The molecule has 0 radical (unpaired) electrons. The molecule has 1 rings (SSSR count). The Bertz CT molecular complexity index is 409. The van der Waals surface area contributed by atoms with Gasteiger partial charge in [0.25, 0.3) is 0 Å². The Labute approximate surface area is 106 Å². The Hall–Kier alpha value is -1.82. The van der Waals surface area contributed by atoms with Crippen molar-refractivity contribution in [2.75, 3.05) is 38.2 Å². The second-order valence-corrected chi connectivity index (χ2v) is 4.28. The van der Waals surface area contributed by atoms with Crippen molar-refractivity contribution in [3.8, 4) is 0 Å². The zero-order valence-corrected chi connectivity index (χ0v) is 10.7. The Morgan fingerprint density at radius 2 is 2.17 bits per heavy atom. The minimum Gasteiger partial charge on any atom is -0.399 e. The standard InChI is InChI=1S/C12H19FN4O/c1-17(2)7-3-6-15-12(18)16-11-8-9(14)4-5-10(11)13/h4-5,8H,3,6-7,14H2,1-2H3,(H2,15,16,18). The number of anilines is 2. The van der Waals surface area contributed by atoms with Crippen LogP contribution in [0.3, 0.4) is 0 Å². The summed E-state index contributed by atoms with van der Waals surface area (Å²) in [4.78, 5) is 13.5. The van der Waals surface area contributed by atoms with Gasteiger partial charge in [0.05, 0.1) is 5.69 Å². The van der Waals surface area contributed by atoms with E-state index in [1.165, 1.54) is 18.2 Å². The Morgan fingerprint density at radius 1 is 1.44 bits per heavy atom. The number of nitrogen functional groups attached to an aromatic ring is 1. The van der Waals surface area contributed by atoms with Gasteiger partial charge >= 0.3 is 6.03 Å². The molecule has 0 heterocycles. The molecule has 0 fully saturated rings. The van der Waals surface area contributed by atoms with E-state index in [9.17, 15) is 9.18 Å². The van der Waals surface area contributed by atoms with E-state index in [2.05, 4.69) is 10.6 Å². The number of nitrogens with two attached hydrogens (primary N) is 1. The van der Waals surface area contributed by atoms with Gasteiger partial charge in [-0.2, -0.15) is 0 Å². The van der Waals surface area contributed by atoms with E-state index in [4.69, 9.17) is 5.73 Å². The maximum absolute atomic E-state index is 13.3. The van der Waals surface area contributed by atoms with Gasteiger partial charge in [-0.3, -0.25) is 0 Å². The molecule has 100 valence electrons. The number of rotatable bonds is 5. The van der Waals surface area contributed by atoms with Gasteiger partial charge in [0.15, 0.2) is 0 Å². The predicted octanol–water partition coefficient (Wildman–Crippen LogP) is 1.48. The molecule has 0 aliphatic carbocycles. The number of hydrogen-bond acceptors (Lipinski definition) is 3. The molecule has 0 aromatic heterocycles. The number of halogens is 1. The van der Waals surface area contributed by atoms with Crippen molar-refractivity contribution in [3.63, 3.8) is 0 Å². The number of carbonyl (C=O) groups excluding carboxylic acids is 1. The summed E-state index contributed by atoms with van der Waals surface area (Å²) in [5.74, 6) is -0.507. The second-order valence-electron chi connectivity index (χ2n) is 4.28. The number of urea groups is 1. The number of amides is 2. The third-order valence-electron chi connectivity index (χ3n) is 2.31. The van der Waals surface area contributed by atoms with E-state index in [-0.39, 0.29) is 5.69 Å². The van der Waals surface area contributed by atoms with Crippen LogP contribution in [0.2, 0.25) is 0 Å². The van der Waals surface area contributed by atoms with Gasteiger partial charge in [0, 0.05) is 12.2 Å². The zero-order chi connectivity index (χ0) is 13.5. The van der Waals surface area contributed by atoms with Crippen LogP contribution in [0.5, 0.6) is 0 Å². The van der Waals surface area contributed by atoms with Crippen LogP contribution in [0.4, 0.5) is 20.6 Å². The average Bonchev–Trinajstić information content (AvgIpc) is 2.29. The molecule has 0 saturated carbocycles. The van der Waals surface area contributed by atoms with Crippen LogP contribution < -0.4 is 16.4 Å². The summed E-state index contributed by atoms with van der Waals surface area (Å²) in [7, 11) is 3.92. The predicted molar refractivity (Wildman–Crippen MR) is 71.0 cm³/mol. The van der Waals surface area contributed by atoms with E-state index in [0.29, 0.717) is 12.2 Å². The summed E-state index contributed by atoms with van der Waals surface area (Å²) in [5.41, 5.74) is 6.00. The zero-order valence-electron chi connectivity index (χ0n) is 10.7. The topological polar surface area (TPSA) is 70.4 Å². The lowest BCUT2D eigenvalue weighted by atomic mass is 10.2. The van der Waals surface area contributed by atoms with Crippen molar-refractivity contribution in [1.82, 2.24) is 10.2 Å². The van der Waals surface area contributed by atoms with Gasteiger partial charge in [0.2, 0.25) is 0 Å². The number of nitrogens with one attached hydrogen (secondary N) is 2. The van der Waals surface area contributed by atoms with Crippen molar-refractivity contribution in [2.45, 2.75) is 6.42 Å². The molecule has 4 N–H and O–H groups in total. The lowest BCUT2D eigenvalue weighted by molar-refractivity contribution is 0.251. The Balaban J connectivity index is 2.38. The number of hydrogen-bond donors (Lipinski definition) is 3. The molecule has 0 spiro atoms. The third kappa shape index (κ3) is 5.01. The highest BCUT2D eigenvalue weighted by Gasteiger charge is 2.06. The highest BCUT2D eigenvalue weighted by atomic mass is 19.1. The first-order valence-electron chi connectivity index (χ1n) is 5.73. The molecule has 0 atom stereocenters. The van der Waals surface area contributed by atoms with Crippen LogP contribution >= 0.6 is 0 Å². The van der Waals surface area contributed by atoms with Crippen molar-refractivity contribution >= 4 is 17.4 Å². The van der Waals surface area contributed by atoms with Crippen molar-refractivity contribution in [1.29, 1.82) is 0 Å². The van der Waals surface area contributed by atoms with Gasteiger partial charge in [0.1, 0.15) is 5.82 Å². The van der Waals surface area contributed by atoms with E-state index in [0.717, 1.165) is 13.0 Å². The molecule has 1 aromatic carbocycles. The molecular weight excluding hydrogens is 235 g/mol. The molecule has 6 heteroatoms. The molecule has 0 aliphatic rings. The number of carbonyl (C=O) groups is 1. The molecule has 0 saturated heterocycles. The number of nitrogens with zero attached hydrogens (tertiary/aromatic N) is 1. The van der Waals surface area contributed by atoms with Crippen LogP contribution in [0.1, 0.15) is 6.42 Å². The number of benzene rings is 1. The monoisotopic (exact) mass is 254 g/mol. The quantitative estimate of drug-likeness (QED) is 0.550. The van der Waals surface area contributed by atoms with Crippen molar-refractivity contribution in [2.24, 2.45) is 0 Å². The first-order valence-corrected chi connectivity index (χ1v) is 5.73. The minimum absolute atomic E-state index is 0.0834. The summed E-state index contributed by atoms with van der Waals surface area (Å²) in [6, 6.07) is 3.61. The lowest BCUT2D eigenvalue weighted by Gasteiger charge is -2.11. The van der Waals surface area contributed by atoms with Crippen LogP contribution in [0.15, 0.2) is 18.2 Å². The fourth-order valence-corrected chi connectivity index (χ4v) is 1.40. The van der Waals surface area contributed by atoms with Gasteiger partial charge in [-0.15, -0.1) is 0 Å². The molecule has 5 nitrogen and oxygen atoms in total. The molecule has 18 heavy (non-hydrogen) atoms. The maximum Gasteiger partial charge on any atom is 0.319 e. The second kappa shape index (κ2) is 6.80. The average molecular weight is 254 g/mol. The maximum atomic E-state index is 13.3.